The number of hydrogen-bond donors (Lipinski definition) is 2. The Labute approximate surface area is 81.7 Å². The van der Waals surface area contributed by atoms with Crippen LogP contribution in [-0.4, -0.2) is 31.3 Å². The van der Waals surface area contributed by atoms with Crippen LogP contribution in [0.1, 0.15) is 0 Å². The first kappa shape index (κ1) is 11.0. The van der Waals surface area contributed by atoms with Crippen molar-refractivity contribution in [1.29, 1.82) is 0 Å². The van der Waals surface area contributed by atoms with Gasteiger partial charge in [0.25, 0.3) is 10.1 Å². The van der Waals surface area contributed by atoms with Crippen LogP contribution >= 0.6 is 0 Å². The fourth-order valence-electron chi connectivity index (χ4n) is 0.938. The molecule has 0 spiro atoms. The first-order chi connectivity index (χ1) is 6.55. The van der Waals surface area contributed by atoms with Crippen molar-refractivity contribution in [3.05, 3.63) is 24.3 Å². The van der Waals surface area contributed by atoms with Gasteiger partial charge in [-0.25, -0.2) is 0 Å². The Bertz CT molecular complexity index is 398. The van der Waals surface area contributed by atoms with E-state index in [0.717, 1.165) is 0 Å². The van der Waals surface area contributed by atoms with Crippen LogP contribution < -0.4 is 4.74 Å². The summed E-state index contributed by atoms with van der Waals surface area (Å²) < 4.78 is 35.4. The number of hydrogen-bond acceptors (Lipinski definition) is 4. The van der Waals surface area contributed by atoms with E-state index in [4.69, 9.17) is 14.4 Å². The third-order valence-corrected chi connectivity index (χ3v) is 2.37. The van der Waals surface area contributed by atoms with Crippen molar-refractivity contribution in [2.24, 2.45) is 0 Å². The maximum atomic E-state index is 10.8. The van der Waals surface area contributed by atoms with E-state index < -0.39 is 10.1 Å². The maximum Gasteiger partial charge on any atom is 0.298 e. The zero-order chi connectivity index (χ0) is 10.6. The van der Waals surface area contributed by atoms with Crippen LogP contribution in [0.5, 0.6) is 5.75 Å². The van der Waals surface area contributed by atoms with Gasteiger partial charge in [-0.2, -0.15) is 8.42 Å². The minimum Gasteiger partial charge on any atom is -0.490 e. The molecule has 0 saturated heterocycles. The topological polar surface area (TPSA) is 83.8 Å². The summed E-state index contributed by atoms with van der Waals surface area (Å²) in [5.74, 6) is 0.0315. The Morgan fingerprint density at radius 3 is 2.50 bits per heavy atom. The van der Waals surface area contributed by atoms with Crippen molar-refractivity contribution in [2.45, 2.75) is 4.90 Å². The first-order valence-electron chi connectivity index (χ1n) is 3.86. The summed E-state index contributed by atoms with van der Waals surface area (Å²) in [7, 11) is -4.27. The summed E-state index contributed by atoms with van der Waals surface area (Å²) in [5.41, 5.74) is 0. The maximum absolute atomic E-state index is 10.8. The average molecular weight is 218 g/mol. The third-order valence-electron chi connectivity index (χ3n) is 1.48. The lowest BCUT2D eigenvalue weighted by Crippen LogP contribution is -2.06. The highest BCUT2D eigenvalue weighted by molar-refractivity contribution is 7.86. The van der Waals surface area contributed by atoms with Gasteiger partial charge in [0.05, 0.1) is 6.61 Å². The van der Waals surface area contributed by atoms with Gasteiger partial charge >= 0.3 is 0 Å². The molecular weight excluding hydrogens is 208 g/mol. The molecule has 1 rings (SSSR count). The Morgan fingerprint density at radius 1 is 1.29 bits per heavy atom. The number of aliphatic hydroxyl groups excluding tert-OH is 1. The number of aliphatic hydroxyl groups is 1. The summed E-state index contributed by atoms with van der Waals surface area (Å²) in [6.45, 7) is -0.244. The van der Waals surface area contributed by atoms with Gasteiger partial charge in [-0.15, -0.1) is 0 Å². The molecule has 1 aromatic rings. The molecule has 2 N–H and O–H groups in total. The molecule has 0 aliphatic heterocycles. The van der Waals surface area contributed by atoms with Crippen molar-refractivity contribution in [2.75, 3.05) is 13.2 Å². The standard InChI is InChI=1S/C8H10O5S/c9-5-6-13-7-3-1-2-4-8(7)14(10,11)12/h1-4,9H,5-6H2,(H,10,11,12). The molecule has 5 nitrogen and oxygen atoms in total. The van der Waals surface area contributed by atoms with Gasteiger partial charge in [0.1, 0.15) is 17.3 Å². The summed E-state index contributed by atoms with van der Waals surface area (Å²) in [4.78, 5) is -0.298. The SMILES string of the molecule is O=S(=O)(O)c1ccccc1OCCO. The fraction of sp³-hybridized carbons (Fsp3) is 0.250. The van der Waals surface area contributed by atoms with E-state index in [1.165, 1.54) is 18.2 Å². The largest absolute Gasteiger partial charge is 0.490 e. The van der Waals surface area contributed by atoms with Crippen LogP contribution in [0.2, 0.25) is 0 Å². The molecular formula is C8H10O5S. The second kappa shape index (κ2) is 4.41. The first-order valence-corrected chi connectivity index (χ1v) is 5.30. The average Bonchev–Trinajstić information content (AvgIpc) is 2.14. The minimum absolute atomic E-state index is 0.0213. The molecule has 0 amide bonds. The molecule has 0 atom stereocenters. The van der Waals surface area contributed by atoms with E-state index in [9.17, 15) is 8.42 Å². The van der Waals surface area contributed by atoms with Gasteiger partial charge in [-0.3, -0.25) is 4.55 Å². The van der Waals surface area contributed by atoms with Crippen molar-refractivity contribution in [1.82, 2.24) is 0 Å². The van der Waals surface area contributed by atoms with Gasteiger partial charge in [0.2, 0.25) is 0 Å². The number of para-hydroxylation sites is 1. The van der Waals surface area contributed by atoms with Gasteiger partial charge in [-0.1, -0.05) is 12.1 Å². The van der Waals surface area contributed by atoms with Crippen LogP contribution in [0.3, 0.4) is 0 Å². The van der Waals surface area contributed by atoms with Crippen molar-refractivity contribution in [3.8, 4) is 5.75 Å². The molecule has 0 bridgehead atoms. The molecule has 0 heterocycles. The van der Waals surface area contributed by atoms with E-state index >= 15 is 0 Å². The highest BCUT2D eigenvalue weighted by atomic mass is 32.2. The van der Waals surface area contributed by atoms with Gasteiger partial charge in [0.15, 0.2) is 0 Å². The van der Waals surface area contributed by atoms with Crippen LogP contribution in [0.25, 0.3) is 0 Å². The summed E-state index contributed by atoms with van der Waals surface area (Å²) in [6, 6.07) is 5.66. The zero-order valence-corrected chi connectivity index (χ0v) is 8.07. The zero-order valence-electron chi connectivity index (χ0n) is 7.25. The lowest BCUT2D eigenvalue weighted by molar-refractivity contribution is 0.198. The molecule has 0 fully saturated rings. The molecule has 0 radical (unpaired) electrons. The predicted molar refractivity (Wildman–Crippen MR) is 48.8 cm³/mol. The summed E-state index contributed by atoms with van der Waals surface area (Å²) >= 11 is 0. The van der Waals surface area contributed by atoms with Crippen LogP contribution in [0.4, 0.5) is 0 Å². The fourth-order valence-corrected chi connectivity index (χ4v) is 1.57. The second-order valence-corrected chi connectivity index (χ2v) is 3.88. The molecule has 6 heteroatoms. The normalized spacial score (nSPS) is 11.3. The van der Waals surface area contributed by atoms with Crippen LogP contribution in [0, 0.1) is 0 Å². The summed E-state index contributed by atoms with van der Waals surface area (Å²) in [6.07, 6.45) is 0. The molecule has 0 aromatic heterocycles. The molecule has 0 aliphatic rings. The Balaban J connectivity index is 3.04. The highest BCUT2D eigenvalue weighted by Crippen LogP contribution is 2.22. The van der Waals surface area contributed by atoms with Crippen LogP contribution in [-0.2, 0) is 10.1 Å². The molecule has 0 aliphatic carbocycles. The van der Waals surface area contributed by atoms with Gasteiger partial charge < -0.3 is 9.84 Å². The van der Waals surface area contributed by atoms with Gasteiger partial charge in [0, 0.05) is 0 Å². The van der Waals surface area contributed by atoms with E-state index in [1.807, 2.05) is 0 Å². The van der Waals surface area contributed by atoms with E-state index in [-0.39, 0.29) is 23.9 Å². The van der Waals surface area contributed by atoms with Crippen molar-refractivity contribution < 1.29 is 22.8 Å². The Kier molecular flexibility index (Phi) is 3.45. The Morgan fingerprint density at radius 2 is 1.93 bits per heavy atom. The van der Waals surface area contributed by atoms with Crippen molar-refractivity contribution >= 4 is 10.1 Å². The molecule has 1 aromatic carbocycles. The monoisotopic (exact) mass is 218 g/mol. The number of benzene rings is 1. The molecule has 78 valence electrons. The van der Waals surface area contributed by atoms with E-state index in [2.05, 4.69) is 0 Å². The second-order valence-electron chi connectivity index (χ2n) is 2.49. The van der Waals surface area contributed by atoms with E-state index in [0.29, 0.717) is 0 Å². The third kappa shape index (κ3) is 2.69. The quantitative estimate of drug-likeness (QED) is 0.710. The highest BCUT2D eigenvalue weighted by Gasteiger charge is 2.15. The molecule has 0 saturated carbocycles. The lowest BCUT2D eigenvalue weighted by atomic mass is 10.3. The summed E-state index contributed by atoms with van der Waals surface area (Å²) in [5, 5.41) is 8.48. The predicted octanol–water partition coefficient (Wildman–Crippen LogP) is 0.304. The van der Waals surface area contributed by atoms with Crippen LogP contribution in [0.15, 0.2) is 29.2 Å². The van der Waals surface area contributed by atoms with Crippen molar-refractivity contribution in [3.63, 3.8) is 0 Å². The van der Waals surface area contributed by atoms with E-state index in [1.54, 1.807) is 6.07 Å². The number of rotatable bonds is 4. The lowest BCUT2D eigenvalue weighted by Gasteiger charge is -2.07. The molecule has 14 heavy (non-hydrogen) atoms. The van der Waals surface area contributed by atoms with Gasteiger partial charge in [-0.05, 0) is 12.1 Å². The molecule has 0 unspecified atom stereocenters. The Hall–Kier alpha value is -1.11. The number of ether oxygens (including phenoxy) is 1. The minimum atomic E-state index is -4.27. The smallest absolute Gasteiger partial charge is 0.298 e.